The zero-order valence-corrected chi connectivity index (χ0v) is 12.3. The molecule has 0 unspecified atom stereocenters. The lowest BCUT2D eigenvalue weighted by molar-refractivity contribution is -0.136. The van der Waals surface area contributed by atoms with Crippen molar-refractivity contribution < 1.29 is 14.7 Å². The first-order valence-electron chi connectivity index (χ1n) is 7.45. The van der Waals surface area contributed by atoms with Crippen LogP contribution in [0.15, 0.2) is 24.3 Å². The summed E-state index contributed by atoms with van der Waals surface area (Å²) >= 11 is 0. The number of hydrogen-bond donors (Lipinski definition) is 2. The average molecular weight is 290 g/mol. The summed E-state index contributed by atoms with van der Waals surface area (Å²) in [6.07, 6.45) is 2.89. The van der Waals surface area contributed by atoms with Gasteiger partial charge in [-0.15, -0.1) is 0 Å². The number of carbonyl (C=O) groups is 2. The molecule has 2 rings (SSSR count). The minimum atomic E-state index is -0.833. The van der Waals surface area contributed by atoms with Gasteiger partial charge in [-0.3, -0.25) is 4.79 Å². The van der Waals surface area contributed by atoms with Crippen LogP contribution >= 0.6 is 0 Å². The van der Waals surface area contributed by atoms with Crippen molar-refractivity contribution in [2.24, 2.45) is 5.92 Å². The van der Waals surface area contributed by atoms with Crippen molar-refractivity contribution in [3.05, 3.63) is 29.8 Å². The molecule has 21 heavy (non-hydrogen) atoms. The van der Waals surface area contributed by atoms with E-state index in [0.29, 0.717) is 24.6 Å². The van der Waals surface area contributed by atoms with Crippen molar-refractivity contribution in [2.75, 3.05) is 18.4 Å². The first-order chi connectivity index (χ1) is 10.1. The maximum atomic E-state index is 12.3. The number of urea groups is 1. The lowest BCUT2D eigenvalue weighted by atomic mass is 10.1. The first-order valence-corrected chi connectivity index (χ1v) is 7.45. The van der Waals surface area contributed by atoms with Gasteiger partial charge in [0.15, 0.2) is 0 Å². The molecule has 1 aliphatic carbocycles. The summed E-state index contributed by atoms with van der Waals surface area (Å²) in [7, 11) is 0. The van der Waals surface area contributed by atoms with Gasteiger partial charge in [0.05, 0.1) is 0 Å². The fourth-order valence-electron chi connectivity index (χ4n) is 2.26. The molecule has 0 atom stereocenters. The van der Waals surface area contributed by atoms with E-state index in [4.69, 9.17) is 5.11 Å². The molecule has 0 radical (unpaired) electrons. The highest BCUT2D eigenvalue weighted by Crippen LogP contribution is 2.30. The predicted octanol–water partition coefficient (Wildman–Crippen LogP) is 2.97. The SMILES string of the molecule is CCN(CC1CC1)C(=O)Nc1ccccc1CCC(=O)O. The molecule has 2 amide bonds. The Morgan fingerprint density at radius 3 is 2.67 bits per heavy atom. The first kappa shape index (κ1) is 15.4. The predicted molar refractivity (Wildman–Crippen MR) is 81.4 cm³/mol. The summed E-state index contributed by atoms with van der Waals surface area (Å²) in [6, 6.07) is 7.27. The number of aryl methyl sites for hydroxylation is 1. The van der Waals surface area contributed by atoms with E-state index in [0.717, 1.165) is 12.1 Å². The Labute approximate surface area is 125 Å². The zero-order chi connectivity index (χ0) is 15.2. The number of nitrogens with zero attached hydrogens (tertiary/aromatic N) is 1. The van der Waals surface area contributed by atoms with Crippen LogP contribution in [0, 0.1) is 5.92 Å². The maximum Gasteiger partial charge on any atom is 0.321 e. The Hall–Kier alpha value is -2.04. The molecule has 0 saturated heterocycles. The molecule has 0 aliphatic heterocycles. The topological polar surface area (TPSA) is 69.6 Å². The van der Waals surface area contributed by atoms with Gasteiger partial charge in [0.25, 0.3) is 0 Å². The molecule has 1 fully saturated rings. The number of benzene rings is 1. The minimum Gasteiger partial charge on any atom is -0.481 e. The van der Waals surface area contributed by atoms with E-state index < -0.39 is 5.97 Å². The normalized spacial score (nSPS) is 13.8. The number of nitrogens with one attached hydrogen (secondary N) is 1. The van der Waals surface area contributed by atoms with Crippen LogP contribution in [-0.4, -0.2) is 35.1 Å². The second-order valence-corrected chi connectivity index (χ2v) is 5.46. The van der Waals surface area contributed by atoms with Gasteiger partial charge >= 0.3 is 12.0 Å². The highest BCUT2D eigenvalue weighted by atomic mass is 16.4. The number of carboxylic acid groups (broad SMARTS) is 1. The van der Waals surface area contributed by atoms with Crippen LogP contribution in [0.2, 0.25) is 0 Å². The van der Waals surface area contributed by atoms with Gasteiger partial charge in [0.1, 0.15) is 0 Å². The summed E-state index contributed by atoms with van der Waals surface area (Å²) < 4.78 is 0. The van der Waals surface area contributed by atoms with E-state index in [1.54, 1.807) is 0 Å². The molecule has 1 aliphatic rings. The summed E-state index contributed by atoms with van der Waals surface area (Å²) in [4.78, 5) is 24.8. The molecular weight excluding hydrogens is 268 g/mol. The van der Waals surface area contributed by atoms with Crippen LogP contribution in [0.1, 0.15) is 31.7 Å². The smallest absolute Gasteiger partial charge is 0.321 e. The third-order valence-electron chi connectivity index (χ3n) is 3.71. The monoisotopic (exact) mass is 290 g/mol. The second kappa shape index (κ2) is 7.11. The Balaban J connectivity index is 1.99. The van der Waals surface area contributed by atoms with Gasteiger partial charge in [-0.1, -0.05) is 18.2 Å². The van der Waals surface area contributed by atoms with Crippen LogP contribution in [-0.2, 0) is 11.2 Å². The third kappa shape index (κ3) is 4.77. The number of rotatable bonds is 7. The van der Waals surface area contributed by atoms with Gasteiger partial charge in [-0.2, -0.15) is 0 Å². The van der Waals surface area contributed by atoms with E-state index in [1.165, 1.54) is 12.8 Å². The van der Waals surface area contributed by atoms with Crippen molar-refractivity contribution >= 4 is 17.7 Å². The highest BCUT2D eigenvalue weighted by Gasteiger charge is 2.26. The van der Waals surface area contributed by atoms with Gasteiger partial charge in [0, 0.05) is 25.2 Å². The molecule has 0 heterocycles. The van der Waals surface area contributed by atoms with Crippen LogP contribution in [0.25, 0.3) is 0 Å². The minimum absolute atomic E-state index is 0.0620. The average Bonchev–Trinajstić information content (AvgIpc) is 3.27. The third-order valence-corrected chi connectivity index (χ3v) is 3.71. The van der Waals surface area contributed by atoms with Gasteiger partial charge < -0.3 is 15.3 Å². The molecule has 5 nitrogen and oxygen atoms in total. The molecule has 0 bridgehead atoms. The van der Waals surface area contributed by atoms with E-state index in [-0.39, 0.29) is 12.5 Å². The second-order valence-electron chi connectivity index (χ2n) is 5.46. The number of carbonyl (C=O) groups excluding carboxylic acids is 1. The fourth-order valence-corrected chi connectivity index (χ4v) is 2.26. The number of amides is 2. The maximum absolute atomic E-state index is 12.3. The Morgan fingerprint density at radius 2 is 2.05 bits per heavy atom. The summed E-state index contributed by atoms with van der Waals surface area (Å²) in [5, 5.41) is 11.7. The Kier molecular flexibility index (Phi) is 5.20. The standard InChI is InChI=1S/C16H22N2O3/c1-2-18(11-12-7-8-12)16(21)17-14-6-4-3-5-13(14)9-10-15(19)20/h3-6,12H,2,7-11H2,1H3,(H,17,21)(H,19,20). The Bertz CT molecular complexity index is 512. The van der Waals surface area contributed by atoms with Crippen LogP contribution in [0.3, 0.4) is 0 Å². The summed E-state index contributed by atoms with van der Waals surface area (Å²) in [5.74, 6) is -0.182. The quantitative estimate of drug-likeness (QED) is 0.811. The molecule has 5 heteroatoms. The van der Waals surface area contributed by atoms with E-state index in [9.17, 15) is 9.59 Å². The highest BCUT2D eigenvalue weighted by molar-refractivity contribution is 5.90. The largest absolute Gasteiger partial charge is 0.481 e. The van der Waals surface area contributed by atoms with E-state index in [2.05, 4.69) is 5.32 Å². The van der Waals surface area contributed by atoms with Gasteiger partial charge in [0.2, 0.25) is 0 Å². The number of para-hydroxylation sites is 1. The van der Waals surface area contributed by atoms with Crippen molar-refractivity contribution in [1.29, 1.82) is 0 Å². The molecule has 0 spiro atoms. The molecule has 2 N–H and O–H groups in total. The molecule has 114 valence electrons. The summed E-state index contributed by atoms with van der Waals surface area (Å²) in [6.45, 7) is 3.46. The van der Waals surface area contributed by atoms with Crippen molar-refractivity contribution in [3.8, 4) is 0 Å². The summed E-state index contributed by atoms with van der Waals surface area (Å²) in [5.41, 5.74) is 1.56. The Morgan fingerprint density at radius 1 is 1.33 bits per heavy atom. The molecule has 1 aromatic carbocycles. The number of hydrogen-bond acceptors (Lipinski definition) is 2. The van der Waals surface area contributed by atoms with E-state index >= 15 is 0 Å². The lowest BCUT2D eigenvalue weighted by Crippen LogP contribution is -2.36. The fraction of sp³-hybridized carbons (Fsp3) is 0.500. The molecule has 0 aromatic heterocycles. The van der Waals surface area contributed by atoms with Crippen molar-refractivity contribution in [1.82, 2.24) is 4.90 Å². The van der Waals surface area contributed by atoms with Crippen LogP contribution < -0.4 is 5.32 Å². The number of carboxylic acids is 1. The van der Waals surface area contributed by atoms with Gasteiger partial charge in [-0.05, 0) is 43.7 Å². The van der Waals surface area contributed by atoms with Crippen LogP contribution in [0.4, 0.5) is 10.5 Å². The van der Waals surface area contributed by atoms with Crippen molar-refractivity contribution in [3.63, 3.8) is 0 Å². The molecule has 1 aromatic rings. The zero-order valence-electron chi connectivity index (χ0n) is 12.3. The molecular formula is C16H22N2O3. The van der Waals surface area contributed by atoms with Crippen molar-refractivity contribution in [2.45, 2.75) is 32.6 Å². The van der Waals surface area contributed by atoms with Crippen LogP contribution in [0.5, 0.6) is 0 Å². The molecule has 1 saturated carbocycles. The van der Waals surface area contributed by atoms with Gasteiger partial charge in [-0.25, -0.2) is 4.79 Å². The van der Waals surface area contributed by atoms with E-state index in [1.807, 2.05) is 36.1 Å². The number of aliphatic carboxylic acids is 1. The lowest BCUT2D eigenvalue weighted by Gasteiger charge is -2.22. The number of anilines is 1.